The Morgan fingerprint density at radius 2 is 1.73 bits per heavy atom. The lowest BCUT2D eigenvalue weighted by Gasteiger charge is -2.19. The van der Waals surface area contributed by atoms with E-state index in [2.05, 4.69) is 10.6 Å². The van der Waals surface area contributed by atoms with E-state index >= 15 is 0 Å². The number of amides is 2. The Hall–Kier alpha value is -3.07. The molecule has 2 aromatic carbocycles. The van der Waals surface area contributed by atoms with E-state index in [0.717, 1.165) is 24.5 Å². The third kappa shape index (κ3) is 7.78. The second-order valence-corrected chi connectivity index (χ2v) is 8.04. The molecule has 0 spiro atoms. The van der Waals surface area contributed by atoms with Crippen LogP contribution in [-0.4, -0.2) is 42.7 Å². The first kappa shape index (κ1) is 24.6. The molecule has 2 amide bonds. The average Bonchev–Trinajstić information content (AvgIpc) is 3.61. The minimum absolute atomic E-state index is 0.00882. The van der Waals surface area contributed by atoms with Crippen molar-refractivity contribution in [3.05, 3.63) is 65.2 Å². The first-order valence-electron chi connectivity index (χ1n) is 10.8. The van der Waals surface area contributed by atoms with Gasteiger partial charge in [-0.05, 0) is 54.3 Å². The summed E-state index contributed by atoms with van der Waals surface area (Å²) < 4.78 is 44.0. The van der Waals surface area contributed by atoms with Crippen LogP contribution in [0.25, 0.3) is 0 Å². The lowest BCUT2D eigenvalue weighted by atomic mass is 10.0. The summed E-state index contributed by atoms with van der Waals surface area (Å²) in [7, 11) is 0. The topological polar surface area (TPSA) is 87.7 Å². The maximum Gasteiger partial charge on any atom is 0.416 e. The number of rotatable bonds is 11. The highest BCUT2D eigenvalue weighted by atomic mass is 19.4. The van der Waals surface area contributed by atoms with Crippen molar-refractivity contribution in [2.24, 2.45) is 5.92 Å². The molecule has 3 rings (SSSR count). The Morgan fingerprint density at radius 3 is 2.30 bits per heavy atom. The fourth-order valence-electron chi connectivity index (χ4n) is 3.27. The Morgan fingerprint density at radius 1 is 1.06 bits per heavy atom. The number of aliphatic hydroxyl groups excluding tert-OH is 1. The second kappa shape index (κ2) is 11.2. The molecule has 6 nitrogen and oxygen atoms in total. The first-order chi connectivity index (χ1) is 15.8. The highest BCUT2D eigenvalue weighted by molar-refractivity contribution is 5.97. The summed E-state index contributed by atoms with van der Waals surface area (Å²) in [4.78, 5) is 25.2. The Kier molecular flexibility index (Phi) is 8.32. The van der Waals surface area contributed by atoms with Gasteiger partial charge in [0, 0.05) is 18.5 Å². The van der Waals surface area contributed by atoms with E-state index in [1.807, 2.05) is 0 Å². The molecule has 0 radical (unpaired) electrons. The molecule has 1 saturated carbocycles. The van der Waals surface area contributed by atoms with Crippen LogP contribution in [-0.2, 0) is 17.4 Å². The molecule has 1 unspecified atom stereocenters. The van der Waals surface area contributed by atoms with Crippen LogP contribution >= 0.6 is 0 Å². The van der Waals surface area contributed by atoms with Crippen molar-refractivity contribution in [1.29, 1.82) is 0 Å². The molecule has 0 heterocycles. The van der Waals surface area contributed by atoms with Crippen molar-refractivity contribution in [3.8, 4) is 5.75 Å². The third-order valence-corrected chi connectivity index (χ3v) is 5.36. The Labute approximate surface area is 190 Å². The lowest BCUT2D eigenvalue weighted by Crippen LogP contribution is -2.48. The van der Waals surface area contributed by atoms with E-state index in [4.69, 9.17) is 9.84 Å². The number of carbonyl (C=O) groups is 2. The molecular formula is C24H27F3N2O4. The monoisotopic (exact) mass is 464 g/mol. The minimum Gasteiger partial charge on any atom is -0.494 e. The van der Waals surface area contributed by atoms with E-state index in [1.54, 1.807) is 24.3 Å². The highest BCUT2D eigenvalue weighted by Gasteiger charge is 2.30. The molecule has 1 aliphatic carbocycles. The van der Waals surface area contributed by atoms with Gasteiger partial charge in [0.05, 0.1) is 18.8 Å². The molecule has 0 saturated heterocycles. The van der Waals surface area contributed by atoms with Crippen molar-refractivity contribution in [2.75, 3.05) is 19.8 Å². The normalized spacial score (nSPS) is 14.4. The molecule has 1 fully saturated rings. The van der Waals surface area contributed by atoms with Crippen LogP contribution in [0.5, 0.6) is 5.75 Å². The standard InChI is InChI=1S/C24H27F3N2O4/c25-24(26,27)19-7-3-17(4-8-19)15-21(23(32)28-12-13-30)29-22(31)18-5-9-20(10-6-18)33-14-11-16-1-2-16/h3-10,16,21,30H,1-2,11-15H2,(H,28,32)(H,29,31). The van der Waals surface area contributed by atoms with Crippen LogP contribution in [0.15, 0.2) is 48.5 Å². The SMILES string of the molecule is O=C(NC(Cc1ccc(C(F)(F)F)cc1)C(=O)NCCO)c1ccc(OCCC2CC2)cc1. The number of benzene rings is 2. The molecule has 0 aromatic heterocycles. The van der Waals surface area contributed by atoms with Crippen LogP contribution in [0.2, 0.25) is 0 Å². The van der Waals surface area contributed by atoms with E-state index in [1.165, 1.54) is 25.0 Å². The summed E-state index contributed by atoms with van der Waals surface area (Å²) in [5.41, 5.74) is -0.0280. The first-order valence-corrected chi connectivity index (χ1v) is 10.8. The van der Waals surface area contributed by atoms with Gasteiger partial charge in [-0.15, -0.1) is 0 Å². The number of hydrogen-bond donors (Lipinski definition) is 3. The minimum atomic E-state index is -4.46. The van der Waals surface area contributed by atoms with Gasteiger partial charge in [-0.1, -0.05) is 25.0 Å². The van der Waals surface area contributed by atoms with Crippen molar-refractivity contribution < 1.29 is 32.6 Å². The maximum absolute atomic E-state index is 12.8. The zero-order valence-corrected chi connectivity index (χ0v) is 18.0. The molecule has 1 atom stereocenters. The van der Waals surface area contributed by atoms with E-state index in [-0.39, 0.29) is 19.6 Å². The van der Waals surface area contributed by atoms with Gasteiger partial charge < -0.3 is 20.5 Å². The summed E-state index contributed by atoms with van der Waals surface area (Å²) in [5.74, 6) is 0.357. The van der Waals surface area contributed by atoms with Gasteiger partial charge in [0.1, 0.15) is 11.8 Å². The summed E-state index contributed by atoms with van der Waals surface area (Å²) in [6.45, 7) is 0.330. The highest BCUT2D eigenvalue weighted by Crippen LogP contribution is 2.32. The van der Waals surface area contributed by atoms with Crippen LogP contribution in [0.1, 0.15) is 40.7 Å². The smallest absolute Gasteiger partial charge is 0.416 e. The quantitative estimate of drug-likeness (QED) is 0.476. The van der Waals surface area contributed by atoms with Gasteiger partial charge in [-0.25, -0.2) is 0 Å². The van der Waals surface area contributed by atoms with E-state index in [0.29, 0.717) is 23.5 Å². The van der Waals surface area contributed by atoms with Gasteiger partial charge in [0.2, 0.25) is 5.91 Å². The number of nitrogens with one attached hydrogen (secondary N) is 2. The molecule has 9 heteroatoms. The number of hydrogen-bond acceptors (Lipinski definition) is 4. The molecule has 0 aliphatic heterocycles. The lowest BCUT2D eigenvalue weighted by molar-refractivity contribution is -0.137. The largest absolute Gasteiger partial charge is 0.494 e. The average molecular weight is 464 g/mol. The Bertz CT molecular complexity index is 926. The maximum atomic E-state index is 12.8. The molecule has 178 valence electrons. The molecule has 33 heavy (non-hydrogen) atoms. The molecule has 1 aliphatic rings. The summed E-state index contributed by atoms with van der Waals surface area (Å²) >= 11 is 0. The van der Waals surface area contributed by atoms with E-state index in [9.17, 15) is 22.8 Å². The van der Waals surface area contributed by atoms with Crippen molar-refractivity contribution in [3.63, 3.8) is 0 Å². The van der Waals surface area contributed by atoms with Gasteiger partial charge in [-0.3, -0.25) is 9.59 Å². The zero-order valence-electron chi connectivity index (χ0n) is 18.0. The number of alkyl halides is 3. The van der Waals surface area contributed by atoms with Crippen LogP contribution in [0.4, 0.5) is 13.2 Å². The molecular weight excluding hydrogens is 437 g/mol. The van der Waals surface area contributed by atoms with Crippen LogP contribution in [0, 0.1) is 5.92 Å². The predicted molar refractivity (Wildman–Crippen MR) is 116 cm³/mol. The van der Waals surface area contributed by atoms with E-state index < -0.39 is 29.6 Å². The predicted octanol–water partition coefficient (Wildman–Crippen LogP) is 3.33. The van der Waals surface area contributed by atoms with Crippen molar-refractivity contribution >= 4 is 11.8 Å². The number of aliphatic hydroxyl groups is 1. The van der Waals surface area contributed by atoms with Gasteiger partial charge in [-0.2, -0.15) is 13.2 Å². The Balaban J connectivity index is 1.63. The summed E-state index contributed by atoms with van der Waals surface area (Å²) in [6, 6.07) is 9.91. The zero-order chi connectivity index (χ0) is 23.8. The van der Waals surface area contributed by atoms with Gasteiger partial charge >= 0.3 is 6.18 Å². The number of ether oxygens (including phenoxy) is 1. The van der Waals surface area contributed by atoms with Gasteiger partial charge in [0.15, 0.2) is 0 Å². The molecule has 3 N–H and O–H groups in total. The molecule has 0 bridgehead atoms. The third-order valence-electron chi connectivity index (χ3n) is 5.36. The second-order valence-electron chi connectivity index (χ2n) is 8.04. The summed E-state index contributed by atoms with van der Waals surface area (Å²) in [6.07, 6.45) is -0.956. The van der Waals surface area contributed by atoms with Crippen molar-refractivity contribution in [2.45, 2.75) is 37.9 Å². The van der Waals surface area contributed by atoms with Crippen molar-refractivity contribution in [1.82, 2.24) is 10.6 Å². The number of halogens is 3. The van der Waals surface area contributed by atoms with Crippen LogP contribution < -0.4 is 15.4 Å². The number of carbonyl (C=O) groups excluding carboxylic acids is 2. The fraction of sp³-hybridized carbons (Fsp3) is 0.417. The van der Waals surface area contributed by atoms with Gasteiger partial charge in [0.25, 0.3) is 5.91 Å². The fourth-order valence-corrected chi connectivity index (χ4v) is 3.27. The molecule has 2 aromatic rings. The summed E-state index contributed by atoms with van der Waals surface area (Å²) in [5, 5.41) is 14.1. The van der Waals surface area contributed by atoms with Crippen LogP contribution in [0.3, 0.4) is 0 Å².